The summed E-state index contributed by atoms with van der Waals surface area (Å²) in [7, 11) is 0. The van der Waals surface area contributed by atoms with E-state index >= 15 is 0 Å². The number of anilines is 2. The molecule has 0 fully saturated rings. The summed E-state index contributed by atoms with van der Waals surface area (Å²) in [6.45, 7) is 2.10. The van der Waals surface area contributed by atoms with Crippen molar-refractivity contribution in [2.24, 2.45) is 0 Å². The summed E-state index contributed by atoms with van der Waals surface area (Å²) in [5.41, 5.74) is 18.4. The van der Waals surface area contributed by atoms with Gasteiger partial charge in [0, 0.05) is 32.9 Å². The van der Waals surface area contributed by atoms with Gasteiger partial charge in [0.2, 0.25) is 0 Å². The molecule has 0 aliphatic rings. The summed E-state index contributed by atoms with van der Waals surface area (Å²) in [4.78, 5) is 0. The Balaban J connectivity index is 1.93. The van der Waals surface area contributed by atoms with E-state index in [9.17, 15) is 0 Å². The molecule has 0 heterocycles. The van der Waals surface area contributed by atoms with Gasteiger partial charge in [-0.15, -0.1) is 0 Å². The molecule has 4 N–H and O–H groups in total. The van der Waals surface area contributed by atoms with Gasteiger partial charge in [0.15, 0.2) is 0 Å². The predicted octanol–water partition coefficient (Wildman–Crippen LogP) is 6.29. The van der Waals surface area contributed by atoms with Crippen LogP contribution in [0.25, 0.3) is 43.4 Å². The minimum Gasteiger partial charge on any atom is -0.398 e. The van der Waals surface area contributed by atoms with E-state index in [0.717, 1.165) is 43.7 Å². The van der Waals surface area contributed by atoms with E-state index in [2.05, 4.69) is 73.7 Å². The summed E-state index contributed by atoms with van der Waals surface area (Å²) in [6.07, 6.45) is 0. The second kappa shape index (κ2) is 5.75. The third-order valence-corrected chi connectivity index (χ3v) is 5.47. The van der Waals surface area contributed by atoms with Crippen LogP contribution in [0.15, 0.2) is 78.9 Å². The van der Waals surface area contributed by atoms with Crippen LogP contribution < -0.4 is 11.5 Å². The Labute approximate surface area is 158 Å². The van der Waals surface area contributed by atoms with Crippen molar-refractivity contribution in [2.45, 2.75) is 6.92 Å². The molecule has 0 atom stereocenters. The van der Waals surface area contributed by atoms with Crippen LogP contribution in [-0.4, -0.2) is 0 Å². The van der Waals surface area contributed by atoms with Gasteiger partial charge in [-0.1, -0.05) is 72.3 Å². The van der Waals surface area contributed by atoms with Crippen LogP contribution in [0.2, 0.25) is 0 Å². The maximum atomic E-state index is 6.63. The van der Waals surface area contributed by atoms with E-state index in [-0.39, 0.29) is 0 Å². The Kier molecular flexibility index (Phi) is 3.34. The molecular weight excluding hydrogens is 328 g/mol. The highest BCUT2D eigenvalue weighted by Crippen LogP contribution is 2.40. The molecule has 5 rings (SSSR count). The molecule has 5 aromatic carbocycles. The smallest absolute Gasteiger partial charge is 0.0474 e. The highest BCUT2D eigenvalue weighted by Gasteiger charge is 2.13. The van der Waals surface area contributed by atoms with Gasteiger partial charge in [0.1, 0.15) is 0 Å². The normalized spacial score (nSPS) is 11.4. The minimum atomic E-state index is 0.786. The number of hydrogen-bond donors (Lipinski definition) is 2. The summed E-state index contributed by atoms with van der Waals surface area (Å²) in [5, 5.41) is 6.40. The first-order valence-electron chi connectivity index (χ1n) is 9.12. The first-order chi connectivity index (χ1) is 13.1. The zero-order valence-corrected chi connectivity index (χ0v) is 15.2. The molecule has 0 radical (unpaired) electrons. The van der Waals surface area contributed by atoms with Crippen LogP contribution in [0.4, 0.5) is 11.4 Å². The Bertz CT molecular complexity index is 1330. The lowest BCUT2D eigenvalue weighted by Gasteiger charge is -2.15. The summed E-state index contributed by atoms with van der Waals surface area (Å²) >= 11 is 0. The number of aryl methyl sites for hydroxylation is 1. The van der Waals surface area contributed by atoms with Crippen molar-refractivity contribution in [3.8, 4) is 11.1 Å². The monoisotopic (exact) mass is 348 g/mol. The molecule has 0 unspecified atom stereocenters. The van der Waals surface area contributed by atoms with Crippen LogP contribution in [0.1, 0.15) is 5.56 Å². The molecule has 5 aromatic rings. The van der Waals surface area contributed by atoms with Gasteiger partial charge in [-0.3, -0.25) is 0 Å². The number of benzene rings is 5. The number of nitrogen functional groups attached to an aromatic ring is 2. The lowest BCUT2D eigenvalue weighted by molar-refractivity contribution is 1.47. The van der Waals surface area contributed by atoms with E-state index in [0.29, 0.717) is 0 Å². The Morgan fingerprint density at radius 3 is 2.04 bits per heavy atom. The molecule has 27 heavy (non-hydrogen) atoms. The second-order valence-corrected chi connectivity index (χ2v) is 7.16. The van der Waals surface area contributed by atoms with Crippen LogP contribution >= 0.6 is 0 Å². The van der Waals surface area contributed by atoms with E-state index < -0.39 is 0 Å². The quantitative estimate of drug-likeness (QED) is 0.276. The third-order valence-electron chi connectivity index (χ3n) is 5.47. The molecular formula is C25H20N2. The molecule has 0 saturated heterocycles. The van der Waals surface area contributed by atoms with Crippen LogP contribution in [0.3, 0.4) is 0 Å². The van der Waals surface area contributed by atoms with Gasteiger partial charge < -0.3 is 11.5 Å². The Morgan fingerprint density at radius 2 is 1.22 bits per heavy atom. The van der Waals surface area contributed by atoms with Crippen molar-refractivity contribution in [1.29, 1.82) is 0 Å². The third kappa shape index (κ3) is 2.34. The topological polar surface area (TPSA) is 52.0 Å². The average molecular weight is 348 g/mol. The van der Waals surface area contributed by atoms with Gasteiger partial charge in [-0.2, -0.15) is 0 Å². The average Bonchev–Trinajstić information content (AvgIpc) is 2.70. The van der Waals surface area contributed by atoms with Crippen LogP contribution in [0, 0.1) is 6.92 Å². The predicted molar refractivity (Wildman–Crippen MR) is 118 cm³/mol. The Hall–Kier alpha value is -3.52. The fraction of sp³-hybridized carbons (Fsp3) is 0.0400. The fourth-order valence-corrected chi connectivity index (χ4v) is 4.00. The van der Waals surface area contributed by atoms with E-state index in [1.807, 2.05) is 12.1 Å². The highest BCUT2D eigenvalue weighted by atomic mass is 14.6. The lowest BCUT2D eigenvalue weighted by atomic mass is 9.92. The number of fused-ring (bicyclic) bond motifs is 3. The standard InChI is InChI=1S/C25H20N2/c1-15-9-11-16(12-10-15)18-7-4-8-20-21(18)14-23-22(25(20)27)13-17-5-2-3-6-19(17)24(23)26/h2-14H,26-27H2,1H3. The van der Waals surface area contributed by atoms with Crippen molar-refractivity contribution in [3.63, 3.8) is 0 Å². The number of rotatable bonds is 1. The molecule has 2 nitrogen and oxygen atoms in total. The zero-order chi connectivity index (χ0) is 18.5. The molecule has 0 aromatic heterocycles. The molecule has 2 heteroatoms. The van der Waals surface area contributed by atoms with Gasteiger partial charge in [0.05, 0.1) is 0 Å². The van der Waals surface area contributed by atoms with Gasteiger partial charge in [0.25, 0.3) is 0 Å². The van der Waals surface area contributed by atoms with E-state index in [4.69, 9.17) is 11.5 Å². The SMILES string of the molecule is Cc1ccc(-c2cccc3c(N)c4cc5ccccc5c(N)c4cc23)cc1. The van der Waals surface area contributed by atoms with E-state index in [1.165, 1.54) is 16.7 Å². The van der Waals surface area contributed by atoms with Gasteiger partial charge >= 0.3 is 0 Å². The lowest BCUT2D eigenvalue weighted by Crippen LogP contribution is -1.95. The minimum absolute atomic E-state index is 0.786. The first kappa shape index (κ1) is 15.7. The number of nitrogens with two attached hydrogens (primary N) is 2. The van der Waals surface area contributed by atoms with Crippen molar-refractivity contribution >= 4 is 43.7 Å². The van der Waals surface area contributed by atoms with Gasteiger partial charge in [-0.25, -0.2) is 0 Å². The summed E-state index contributed by atoms with van der Waals surface area (Å²) in [5.74, 6) is 0. The summed E-state index contributed by atoms with van der Waals surface area (Å²) in [6, 6.07) is 27.4. The van der Waals surface area contributed by atoms with Crippen molar-refractivity contribution in [3.05, 3.63) is 84.4 Å². The largest absolute Gasteiger partial charge is 0.398 e. The first-order valence-corrected chi connectivity index (χ1v) is 9.12. The van der Waals surface area contributed by atoms with Crippen molar-refractivity contribution < 1.29 is 0 Å². The summed E-state index contributed by atoms with van der Waals surface area (Å²) < 4.78 is 0. The fourth-order valence-electron chi connectivity index (χ4n) is 4.00. The second-order valence-electron chi connectivity index (χ2n) is 7.16. The van der Waals surface area contributed by atoms with Crippen molar-refractivity contribution in [1.82, 2.24) is 0 Å². The maximum Gasteiger partial charge on any atom is 0.0474 e. The molecule has 0 amide bonds. The molecule has 0 aliphatic carbocycles. The molecule has 0 saturated carbocycles. The zero-order valence-electron chi connectivity index (χ0n) is 15.2. The van der Waals surface area contributed by atoms with Crippen LogP contribution in [-0.2, 0) is 0 Å². The maximum absolute atomic E-state index is 6.63. The molecule has 0 aliphatic heterocycles. The van der Waals surface area contributed by atoms with Gasteiger partial charge in [-0.05, 0) is 41.0 Å². The Morgan fingerprint density at radius 1 is 0.556 bits per heavy atom. The molecule has 0 bridgehead atoms. The van der Waals surface area contributed by atoms with Crippen molar-refractivity contribution in [2.75, 3.05) is 11.5 Å². The van der Waals surface area contributed by atoms with Crippen LogP contribution in [0.5, 0.6) is 0 Å². The number of hydrogen-bond acceptors (Lipinski definition) is 2. The van der Waals surface area contributed by atoms with E-state index in [1.54, 1.807) is 0 Å². The highest BCUT2D eigenvalue weighted by molar-refractivity contribution is 6.21. The molecule has 0 spiro atoms. The molecule has 130 valence electrons.